The number of rotatable bonds is 0. The van der Waals surface area contributed by atoms with Crippen LogP contribution in [0.15, 0.2) is 0 Å². The molecule has 0 amide bonds. The first kappa shape index (κ1) is 33.9. The molecule has 40 valence electrons. The van der Waals surface area contributed by atoms with E-state index in [4.69, 9.17) is 15.1 Å². The Morgan fingerprint density at radius 2 is 1.00 bits per heavy atom. The molecule has 0 aliphatic rings. The van der Waals surface area contributed by atoms with Crippen LogP contribution in [0, 0.1) is 0 Å². The molecule has 0 spiro atoms. The first-order valence-electron chi connectivity index (χ1n) is 0.707. The van der Waals surface area contributed by atoms with Gasteiger partial charge in [-0.05, 0) is 0 Å². The van der Waals surface area contributed by atoms with E-state index in [1.54, 1.807) is 0 Å². The van der Waals surface area contributed by atoms with E-state index < -0.39 is 7.32 Å². The summed E-state index contributed by atoms with van der Waals surface area (Å²) in [4.78, 5) is 0. The zero-order valence-corrected chi connectivity index (χ0v) is 7.24. The fourth-order valence-corrected chi connectivity index (χ4v) is 0. The van der Waals surface area contributed by atoms with Crippen LogP contribution in [0.4, 0.5) is 0 Å². The molecule has 0 aliphatic heterocycles. The Labute approximate surface area is 80.5 Å². The summed E-state index contributed by atoms with van der Waals surface area (Å²) in [6.45, 7) is 0. The zero-order chi connectivity index (χ0) is 3.58. The summed E-state index contributed by atoms with van der Waals surface area (Å²) >= 11 is 0. The van der Waals surface area contributed by atoms with E-state index in [-0.39, 0.29) is 58.3 Å². The molecule has 8 heavy (non-hydrogen) atoms. The molecule has 0 aromatic carbocycles. The minimum absolute atomic E-state index is 0. The molecule has 0 rings (SSSR count). The van der Waals surface area contributed by atoms with E-state index >= 15 is 0 Å². The van der Waals surface area contributed by atoms with Crippen molar-refractivity contribution in [3.05, 3.63) is 0 Å². The fourth-order valence-electron chi connectivity index (χ4n) is 0. The Kier molecular flexibility index (Phi) is 100. The maximum absolute atomic E-state index is 8.42. The van der Waals surface area contributed by atoms with Gasteiger partial charge in [-0.25, -0.2) is 0 Å². The van der Waals surface area contributed by atoms with Crippen LogP contribution < -0.4 is 27.5 Å². The quantitative estimate of drug-likeness (QED) is 0.330. The molecule has 0 saturated heterocycles. The third-order valence-corrected chi connectivity index (χ3v) is 0. The summed E-state index contributed by atoms with van der Waals surface area (Å²) in [6, 6.07) is 0. The van der Waals surface area contributed by atoms with Crippen molar-refractivity contribution < 1.29 is 33.0 Å². The average Bonchev–Trinajstić information content (AvgIpc) is 0.811. The van der Waals surface area contributed by atoms with Gasteiger partial charge in [0.25, 0.3) is 0 Å². The monoisotopic (exact) mass is 162 g/mol. The van der Waals surface area contributed by atoms with Crippen LogP contribution in [0.5, 0.6) is 0 Å². The van der Waals surface area contributed by atoms with Crippen molar-refractivity contribution in [2.45, 2.75) is 0 Å². The number of hydrogen-bond donors (Lipinski definition) is 0. The molecule has 0 saturated carbocycles. The van der Waals surface area contributed by atoms with Crippen LogP contribution in [-0.2, 0) is 0 Å². The third-order valence-electron chi connectivity index (χ3n) is 0. The zero-order valence-electron chi connectivity index (χ0n) is 3.91. The molecule has 0 aromatic heterocycles. The molecule has 0 bridgehead atoms. The minimum Gasteiger partial charge on any atom is -1.00 e. The van der Waals surface area contributed by atoms with Gasteiger partial charge in [-0.15, -0.1) is 0 Å². The van der Waals surface area contributed by atoms with E-state index in [2.05, 4.69) is 0 Å². The molecule has 0 aliphatic carbocycles. The first-order valence-corrected chi connectivity index (χ1v) is 0.707. The third kappa shape index (κ3) is 142. The van der Waals surface area contributed by atoms with Crippen LogP contribution >= 0.6 is 0 Å². The molecule has 4 nitrogen and oxygen atoms in total. The average molecular weight is 163 g/mol. The van der Waals surface area contributed by atoms with Gasteiger partial charge in [0.2, 0.25) is 0 Å². The van der Waals surface area contributed by atoms with Crippen molar-refractivity contribution in [2.75, 3.05) is 0 Å². The maximum atomic E-state index is 8.42. The summed E-state index contributed by atoms with van der Waals surface area (Å²) in [6.07, 6.45) is 0. The van der Waals surface area contributed by atoms with Crippen molar-refractivity contribution in [1.29, 1.82) is 0 Å². The van der Waals surface area contributed by atoms with Crippen molar-refractivity contribution in [2.24, 2.45) is 0 Å². The van der Waals surface area contributed by atoms with Crippen LogP contribution in [-0.4, -0.2) is 53.2 Å². The van der Waals surface area contributed by atoms with E-state index in [1.165, 1.54) is 0 Å². The summed E-state index contributed by atoms with van der Waals surface area (Å²) in [5, 5.41) is 25.2. The second kappa shape index (κ2) is 23.6. The van der Waals surface area contributed by atoms with Crippen molar-refractivity contribution >= 4 is 47.7 Å². The Balaban J connectivity index is -0.00000000750. The Hall–Kier alpha value is 1.49. The molecule has 0 heterocycles. The van der Waals surface area contributed by atoms with Gasteiger partial charge >= 0.3 is 40.4 Å². The molecule has 0 unspecified atom stereocenters. The maximum Gasteiger partial charge on any atom is 3.00 e. The van der Waals surface area contributed by atoms with Crippen LogP contribution in [0.1, 0.15) is 0 Å². The number of halogens is 1. The largest absolute Gasteiger partial charge is 3.00 e. The van der Waals surface area contributed by atoms with Crippen LogP contribution in [0.3, 0.4) is 0 Å². The molecule has 0 aromatic rings. The van der Waals surface area contributed by atoms with Gasteiger partial charge in [-0.2, -0.15) is 0 Å². The second-order valence-corrected chi connectivity index (χ2v) is 0.289. The van der Waals surface area contributed by atoms with E-state index in [0.717, 1.165) is 0 Å². The normalized spacial score (nSPS) is 3.38. The Morgan fingerprint density at radius 1 is 1.00 bits per heavy atom. The summed E-state index contributed by atoms with van der Waals surface area (Å²) in [5.41, 5.74) is 0. The predicted octanol–water partition coefficient (Wildman–Crippen LogP) is -7.88. The Morgan fingerprint density at radius 3 is 1.00 bits per heavy atom. The molecule has 1 N–H and O–H groups in total. The van der Waals surface area contributed by atoms with Crippen molar-refractivity contribution in [1.82, 2.24) is 0 Å². The molecule has 8 heteroatoms. The van der Waals surface area contributed by atoms with Gasteiger partial charge in [-0.1, -0.05) is 0 Å². The topological polar surface area (TPSA) is 99.2 Å². The van der Waals surface area contributed by atoms with Gasteiger partial charge in [0.1, 0.15) is 0 Å². The van der Waals surface area contributed by atoms with Crippen molar-refractivity contribution in [3.8, 4) is 0 Å². The Bertz CT molecular complexity index is 20.8. The van der Waals surface area contributed by atoms with Gasteiger partial charge in [0, 0.05) is 0 Å². The van der Waals surface area contributed by atoms with Gasteiger partial charge in [0.05, 0.1) is 0 Å². The SMILES string of the molecule is [Al+3].[Cl-].[Mg+2].[O-]B([O-])[O-].[OH-]. The van der Waals surface area contributed by atoms with Gasteiger partial charge < -0.3 is 33.0 Å². The second-order valence-electron chi connectivity index (χ2n) is 0.289. The molecule has 0 atom stereocenters. The van der Waals surface area contributed by atoms with Crippen molar-refractivity contribution in [3.63, 3.8) is 0 Å². The van der Waals surface area contributed by atoms with E-state index in [9.17, 15) is 0 Å². The first-order chi connectivity index (χ1) is 1.73. The van der Waals surface area contributed by atoms with E-state index in [0.29, 0.717) is 0 Å². The van der Waals surface area contributed by atoms with Gasteiger partial charge in [-0.3, -0.25) is 7.32 Å². The molecule has 0 radical (unpaired) electrons. The summed E-state index contributed by atoms with van der Waals surface area (Å²) < 4.78 is 0. The molecular weight excluding hydrogens is 162 g/mol. The minimum atomic E-state index is -2.92. The molecule has 0 fully saturated rings. The van der Waals surface area contributed by atoms with Gasteiger partial charge in [0.15, 0.2) is 0 Å². The molecular formula is HAlBClMgO4. The smallest absolute Gasteiger partial charge is 1.00 e. The predicted molar refractivity (Wildman–Crippen MR) is 19.2 cm³/mol. The summed E-state index contributed by atoms with van der Waals surface area (Å²) in [7, 11) is -2.92. The standard InChI is InChI=1S/Al.BO3.ClH.Mg.H2O/c;2-1(3)4;;;/h;;1H;;1H2/q+3;-3;;+2;/p-2. The van der Waals surface area contributed by atoms with Crippen LogP contribution in [0.2, 0.25) is 0 Å². The summed E-state index contributed by atoms with van der Waals surface area (Å²) in [5.74, 6) is 0. The van der Waals surface area contributed by atoms with E-state index in [1.807, 2.05) is 0 Å². The fraction of sp³-hybridized carbons (Fsp3) is 0. The number of hydrogen-bond acceptors (Lipinski definition) is 4. The van der Waals surface area contributed by atoms with Crippen LogP contribution in [0.25, 0.3) is 0 Å².